The molecule has 0 saturated carbocycles. The number of hydrogen-bond donors (Lipinski definition) is 1. The molecule has 1 N–H and O–H groups in total. The van der Waals surface area contributed by atoms with Gasteiger partial charge in [-0.15, -0.1) is 0 Å². The lowest BCUT2D eigenvalue weighted by molar-refractivity contribution is 0.629. The minimum Gasteiger partial charge on any atom is -0.373 e. The van der Waals surface area contributed by atoms with Crippen LogP contribution in [0.3, 0.4) is 0 Å². The monoisotopic (exact) mass is 271 g/mol. The van der Waals surface area contributed by atoms with Crippen molar-refractivity contribution >= 4 is 16.7 Å². The lowest BCUT2D eigenvalue weighted by atomic mass is 10.1. The highest BCUT2D eigenvalue weighted by molar-refractivity contribution is 5.90. The van der Waals surface area contributed by atoms with E-state index in [2.05, 4.69) is 15.3 Å². The number of fused-ring (bicyclic) bond motifs is 1. The minimum absolute atomic E-state index is 0.227. The summed E-state index contributed by atoms with van der Waals surface area (Å²) < 4.78 is 27.1. The van der Waals surface area contributed by atoms with Gasteiger partial charge in [-0.25, -0.2) is 18.7 Å². The summed E-state index contributed by atoms with van der Waals surface area (Å²) in [5, 5.41) is 3.61. The third-order valence-corrected chi connectivity index (χ3v) is 3.01. The van der Waals surface area contributed by atoms with Crippen molar-refractivity contribution in [1.29, 1.82) is 0 Å². The van der Waals surface area contributed by atoms with Gasteiger partial charge in [0.25, 0.3) is 0 Å². The zero-order chi connectivity index (χ0) is 14.1. The smallest absolute Gasteiger partial charge is 0.165 e. The van der Waals surface area contributed by atoms with Gasteiger partial charge in [0.05, 0.1) is 11.1 Å². The van der Waals surface area contributed by atoms with Crippen LogP contribution in [-0.2, 0) is 0 Å². The summed E-state index contributed by atoms with van der Waals surface area (Å²) in [5.41, 5.74) is 0.720. The van der Waals surface area contributed by atoms with Crippen LogP contribution < -0.4 is 5.32 Å². The molecule has 0 aliphatic carbocycles. The molecule has 0 fully saturated rings. The minimum atomic E-state index is -0.412. The number of aromatic nitrogens is 2. The van der Waals surface area contributed by atoms with Gasteiger partial charge >= 0.3 is 0 Å². The van der Waals surface area contributed by atoms with Crippen molar-refractivity contribution in [2.24, 2.45) is 0 Å². The quantitative estimate of drug-likeness (QED) is 0.773. The first-order valence-corrected chi connectivity index (χ1v) is 6.09. The van der Waals surface area contributed by atoms with Gasteiger partial charge in [0, 0.05) is 18.5 Å². The van der Waals surface area contributed by atoms with E-state index in [0.717, 1.165) is 0 Å². The number of nitrogens with zero attached hydrogens (tertiary/aromatic N) is 2. The topological polar surface area (TPSA) is 37.8 Å². The molecule has 20 heavy (non-hydrogen) atoms. The Morgan fingerprint density at radius 1 is 1.00 bits per heavy atom. The molecule has 0 bridgehead atoms. The predicted octanol–water partition coefficient (Wildman–Crippen LogP) is 3.62. The molecule has 100 valence electrons. The Hall–Kier alpha value is -2.56. The number of halogens is 2. The van der Waals surface area contributed by atoms with Crippen LogP contribution in [0.15, 0.2) is 42.5 Å². The molecule has 0 spiro atoms. The second kappa shape index (κ2) is 4.85. The molecule has 0 unspecified atom stereocenters. The Labute approximate surface area is 114 Å². The van der Waals surface area contributed by atoms with Gasteiger partial charge in [-0.2, -0.15) is 0 Å². The predicted molar refractivity (Wildman–Crippen MR) is 74.4 cm³/mol. The average Bonchev–Trinajstić information content (AvgIpc) is 2.46. The summed E-state index contributed by atoms with van der Waals surface area (Å²) >= 11 is 0. The fraction of sp³-hybridized carbons (Fsp3) is 0.0667. The van der Waals surface area contributed by atoms with E-state index in [1.807, 2.05) is 0 Å². The van der Waals surface area contributed by atoms with E-state index in [9.17, 15) is 8.78 Å². The highest BCUT2D eigenvalue weighted by Crippen LogP contribution is 2.26. The van der Waals surface area contributed by atoms with Crippen molar-refractivity contribution in [3.63, 3.8) is 0 Å². The second-order valence-electron chi connectivity index (χ2n) is 4.29. The summed E-state index contributed by atoms with van der Waals surface area (Å²) in [7, 11) is 1.70. The highest BCUT2D eigenvalue weighted by atomic mass is 19.1. The maximum atomic E-state index is 13.8. The van der Waals surface area contributed by atoms with Crippen LogP contribution in [-0.4, -0.2) is 17.0 Å². The lowest BCUT2D eigenvalue weighted by Crippen LogP contribution is -2.00. The van der Waals surface area contributed by atoms with E-state index in [1.54, 1.807) is 31.3 Å². The molecule has 1 heterocycles. The third kappa shape index (κ3) is 2.07. The number of rotatable bonds is 2. The third-order valence-electron chi connectivity index (χ3n) is 3.01. The molecular formula is C15H11F2N3. The number of anilines is 1. The summed E-state index contributed by atoms with van der Waals surface area (Å²) in [6.45, 7) is 0. The van der Waals surface area contributed by atoms with Crippen LogP contribution in [0.4, 0.5) is 14.6 Å². The fourth-order valence-corrected chi connectivity index (χ4v) is 2.06. The van der Waals surface area contributed by atoms with Crippen LogP contribution in [0.25, 0.3) is 22.3 Å². The van der Waals surface area contributed by atoms with Gasteiger partial charge in [0.1, 0.15) is 17.5 Å². The van der Waals surface area contributed by atoms with E-state index in [0.29, 0.717) is 16.7 Å². The molecule has 0 amide bonds. The summed E-state index contributed by atoms with van der Waals surface area (Å²) in [6.07, 6.45) is 0. The van der Waals surface area contributed by atoms with E-state index in [-0.39, 0.29) is 11.4 Å². The zero-order valence-electron chi connectivity index (χ0n) is 10.7. The SMILES string of the molecule is CNc1nc(-c2ccccc2F)nc2cc(F)ccc12. The van der Waals surface area contributed by atoms with Gasteiger partial charge in [-0.3, -0.25) is 0 Å². The van der Waals surface area contributed by atoms with E-state index in [4.69, 9.17) is 0 Å². The molecule has 0 aliphatic rings. The van der Waals surface area contributed by atoms with E-state index >= 15 is 0 Å². The zero-order valence-corrected chi connectivity index (χ0v) is 10.7. The Bertz CT molecular complexity index is 787. The summed E-state index contributed by atoms with van der Waals surface area (Å²) in [5.74, 6) is -0.0400. The molecule has 0 radical (unpaired) electrons. The molecule has 0 saturated heterocycles. The van der Waals surface area contributed by atoms with Crippen LogP contribution >= 0.6 is 0 Å². The Morgan fingerprint density at radius 3 is 2.55 bits per heavy atom. The molecular weight excluding hydrogens is 260 g/mol. The molecule has 1 aromatic heterocycles. The van der Waals surface area contributed by atoms with Gasteiger partial charge in [0.15, 0.2) is 5.82 Å². The van der Waals surface area contributed by atoms with Gasteiger partial charge in [-0.05, 0) is 24.3 Å². The first kappa shape index (κ1) is 12.5. The number of nitrogens with one attached hydrogen (secondary N) is 1. The number of benzene rings is 2. The summed E-state index contributed by atoms with van der Waals surface area (Å²) in [4.78, 5) is 8.54. The maximum absolute atomic E-state index is 13.8. The fourth-order valence-electron chi connectivity index (χ4n) is 2.06. The van der Waals surface area contributed by atoms with Crippen LogP contribution in [0.1, 0.15) is 0 Å². The van der Waals surface area contributed by atoms with Crippen molar-refractivity contribution in [3.05, 3.63) is 54.1 Å². The largest absolute Gasteiger partial charge is 0.373 e. The molecule has 3 rings (SSSR count). The van der Waals surface area contributed by atoms with Crippen molar-refractivity contribution in [2.75, 3.05) is 12.4 Å². The molecule has 3 nitrogen and oxygen atoms in total. The van der Waals surface area contributed by atoms with Crippen molar-refractivity contribution in [3.8, 4) is 11.4 Å². The van der Waals surface area contributed by atoms with Crippen molar-refractivity contribution < 1.29 is 8.78 Å². The Morgan fingerprint density at radius 2 is 1.80 bits per heavy atom. The maximum Gasteiger partial charge on any atom is 0.165 e. The van der Waals surface area contributed by atoms with Gasteiger partial charge < -0.3 is 5.32 Å². The van der Waals surface area contributed by atoms with Crippen LogP contribution in [0.2, 0.25) is 0 Å². The van der Waals surface area contributed by atoms with Gasteiger partial charge in [-0.1, -0.05) is 12.1 Å². The second-order valence-corrected chi connectivity index (χ2v) is 4.29. The van der Waals surface area contributed by atoms with Crippen molar-refractivity contribution in [2.45, 2.75) is 0 Å². The number of hydrogen-bond acceptors (Lipinski definition) is 3. The van der Waals surface area contributed by atoms with Crippen LogP contribution in [0, 0.1) is 11.6 Å². The first-order valence-electron chi connectivity index (χ1n) is 6.09. The molecule has 5 heteroatoms. The van der Waals surface area contributed by atoms with E-state index < -0.39 is 11.6 Å². The molecule has 3 aromatic rings. The molecule has 0 aliphatic heterocycles. The standard InChI is InChI=1S/C15H11F2N3/c1-18-14-11-7-6-9(16)8-13(11)19-15(20-14)10-4-2-3-5-12(10)17/h2-8H,1H3,(H,18,19,20). The highest BCUT2D eigenvalue weighted by Gasteiger charge is 2.12. The molecule has 0 atom stereocenters. The first-order chi connectivity index (χ1) is 9.69. The van der Waals surface area contributed by atoms with E-state index in [1.165, 1.54) is 18.2 Å². The Kier molecular flexibility index (Phi) is 3.02. The van der Waals surface area contributed by atoms with Crippen molar-refractivity contribution in [1.82, 2.24) is 9.97 Å². The average molecular weight is 271 g/mol. The Balaban J connectivity index is 2.30. The summed E-state index contributed by atoms with van der Waals surface area (Å²) in [6, 6.07) is 10.5. The normalized spacial score (nSPS) is 10.8. The van der Waals surface area contributed by atoms with Gasteiger partial charge in [0.2, 0.25) is 0 Å². The lowest BCUT2D eigenvalue weighted by Gasteiger charge is -2.08. The van der Waals surface area contributed by atoms with Crippen LogP contribution in [0.5, 0.6) is 0 Å². The molecule has 2 aromatic carbocycles.